The van der Waals surface area contributed by atoms with E-state index in [0.29, 0.717) is 24.3 Å². The van der Waals surface area contributed by atoms with E-state index in [2.05, 4.69) is 22.0 Å². The van der Waals surface area contributed by atoms with Crippen molar-refractivity contribution in [2.45, 2.75) is 59.0 Å². The highest BCUT2D eigenvalue weighted by atomic mass is 16.5. The lowest BCUT2D eigenvalue weighted by Crippen LogP contribution is -2.33. The van der Waals surface area contributed by atoms with Gasteiger partial charge in [-0.25, -0.2) is 9.98 Å². The lowest BCUT2D eigenvalue weighted by atomic mass is 9.97. The monoisotopic (exact) mass is 305 g/mol. The standard InChI is InChI=1S/C17H25N3O2/c1-4-6-12-9-13(7-5-8-21)16-15(12)20-14-10(2)18-11(3)19-17(14)22-16/h12-13,16,21H,4-9H2,1-3H3/t12-,13-,16-/m0/s1/i21T. The number of nitrogens with zero attached hydrogens (tertiary/aromatic N) is 3. The van der Waals surface area contributed by atoms with Gasteiger partial charge >= 0.3 is 0 Å². The van der Waals surface area contributed by atoms with Crippen LogP contribution < -0.4 is 4.74 Å². The van der Waals surface area contributed by atoms with Gasteiger partial charge in [-0.3, -0.25) is 0 Å². The molecule has 0 radical (unpaired) electrons. The smallest absolute Gasteiger partial charge is 0.244 e. The molecule has 1 aliphatic heterocycles. The number of ether oxygens (including phenoxy) is 1. The molecule has 0 saturated heterocycles. The number of aromatic nitrogens is 2. The van der Waals surface area contributed by atoms with Crippen molar-refractivity contribution in [3.05, 3.63) is 11.5 Å². The van der Waals surface area contributed by atoms with E-state index in [4.69, 9.17) is 11.2 Å². The minimum Gasteiger partial charge on any atom is -0.466 e. The van der Waals surface area contributed by atoms with Crippen LogP contribution in [-0.2, 0) is 0 Å². The van der Waals surface area contributed by atoms with Crippen molar-refractivity contribution in [3.63, 3.8) is 0 Å². The quantitative estimate of drug-likeness (QED) is 0.820. The predicted octanol–water partition coefficient (Wildman–Crippen LogP) is 3.14. The summed E-state index contributed by atoms with van der Waals surface area (Å²) in [6.45, 7) is 6.54. The van der Waals surface area contributed by atoms with Crippen molar-refractivity contribution < 1.29 is 9.85 Å². The SMILES string of the molecule is [3H]OCCC[C@H]1C[C@H](CCC)C2=Nc3c(C)nc(C)nc3O[C@H]21. The molecule has 120 valence electrons. The van der Waals surface area contributed by atoms with Crippen LogP contribution in [0.15, 0.2) is 4.99 Å². The highest BCUT2D eigenvalue weighted by molar-refractivity contribution is 5.97. The van der Waals surface area contributed by atoms with Crippen LogP contribution in [0.1, 0.15) is 50.5 Å². The summed E-state index contributed by atoms with van der Waals surface area (Å²) in [6, 6.07) is 0. The van der Waals surface area contributed by atoms with E-state index in [1.54, 1.807) is 0 Å². The Hall–Kier alpha value is -1.49. The Labute approximate surface area is 133 Å². The molecule has 1 aliphatic carbocycles. The van der Waals surface area contributed by atoms with E-state index >= 15 is 0 Å². The highest BCUT2D eigenvalue weighted by Gasteiger charge is 2.43. The molecule has 2 heterocycles. The summed E-state index contributed by atoms with van der Waals surface area (Å²) < 4.78 is 13.1. The number of rotatable bonds is 6. The topological polar surface area (TPSA) is 67.6 Å². The Morgan fingerprint density at radius 1 is 1.32 bits per heavy atom. The average molecular weight is 305 g/mol. The van der Waals surface area contributed by atoms with Crippen LogP contribution in [0.3, 0.4) is 0 Å². The van der Waals surface area contributed by atoms with Crippen LogP contribution in [0.5, 0.6) is 5.88 Å². The van der Waals surface area contributed by atoms with Gasteiger partial charge in [0.05, 0.1) is 11.4 Å². The zero-order valence-electron chi connectivity index (χ0n) is 14.6. The summed E-state index contributed by atoms with van der Waals surface area (Å²) in [4.78, 5) is 13.8. The van der Waals surface area contributed by atoms with E-state index in [9.17, 15) is 0 Å². The molecule has 1 saturated carbocycles. The van der Waals surface area contributed by atoms with Crippen molar-refractivity contribution in [1.82, 2.24) is 9.97 Å². The van der Waals surface area contributed by atoms with Gasteiger partial charge in [0.2, 0.25) is 7.31 Å². The molecular formula is C17H25N3O2. The summed E-state index contributed by atoms with van der Waals surface area (Å²) >= 11 is 0. The molecule has 3 rings (SSSR count). The van der Waals surface area contributed by atoms with Gasteiger partial charge in [0.15, 0.2) is 0 Å². The van der Waals surface area contributed by atoms with Crippen LogP contribution in [0.25, 0.3) is 0 Å². The first kappa shape index (κ1) is 14.1. The van der Waals surface area contributed by atoms with Gasteiger partial charge in [0, 0.05) is 18.4 Å². The molecule has 0 bridgehead atoms. The highest BCUT2D eigenvalue weighted by Crippen LogP contribution is 2.44. The fraction of sp³-hybridized carbons (Fsp3) is 0.706. The molecule has 2 aliphatic rings. The van der Waals surface area contributed by atoms with Crippen molar-refractivity contribution in [1.29, 1.82) is 1.43 Å². The first-order valence-electron chi connectivity index (χ1n) is 8.73. The Bertz CT molecular complexity index is 606. The zero-order valence-corrected chi connectivity index (χ0v) is 13.6. The molecular weight excluding hydrogens is 278 g/mol. The van der Waals surface area contributed by atoms with E-state index in [1.807, 2.05) is 13.8 Å². The molecule has 1 aromatic heterocycles. The fourth-order valence-electron chi connectivity index (χ4n) is 3.76. The van der Waals surface area contributed by atoms with Gasteiger partial charge in [-0.1, -0.05) is 13.3 Å². The van der Waals surface area contributed by atoms with Gasteiger partial charge in [0.25, 0.3) is 0 Å². The number of aliphatic imine (C=N–C) groups is 1. The molecule has 5 heteroatoms. The molecule has 1 aromatic rings. The van der Waals surface area contributed by atoms with E-state index in [1.165, 1.54) is 5.71 Å². The summed E-state index contributed by atoms with van der Waals surface area (Å²) in [5, 5.41) is 4.46. The van der Waals surface area contributed by atoms with Crippen molar-refractivity contribution in [2.24, 2.45) is 16.8 Å². The molecule has 0 unspecified atom stereocenters. The Kier molecular flexibility index (Phi) is 4.06. The largest absolute Gasteiger partial charge is 0.466 e. The van der Waals surface area contributed by atoms with Crippen LogP contribution in [0.4, 0.5) is 5.69 Å². The van der Waals surface area contributed by atoms with Crippen LogP contribution in [-0.4, -0.2) is 34.9 Å². The van der Waals surface area contributed by atoms with Crippen LogP contribution in [0.2, 0.25) is 0 Å². The van der Waals surface area contributed by atoms with Crippen molar-refractivity contribution in [3.8, 4) is 5.88 Å². The predicted molar refractivity (Wildman–Crippen MR) is 85.8 cm³/mol. The van der Waals surface area contributed by atoms with E-state index in [0.717, 1.165) is 49.3 Å². The van der Waals surface area contributed by atoms with Gasteiger partial charge in [-0.15, -0.1) is 0 Å². The molecule has 3 atom stereocenters. The van der Waals surface area contributed by atoms with Crippen LogP contribution >= 0.6 is 0 Å². The second kappa shape index (κ2) is 6.32. The first-order valence-corrected chi connectivity index (χ1v) is 8.32. The number of hydrogen-bond acceptors (Lipinski definition) is 5. The summed E-state index contributed by atoms with van der Waals surface area (Å²) in [5.41, 5.74) is 2.87. The molecule has 5 nitrogen and oxygen atoms in total. The minimum atomic E-state index is 0.0264. The minimum absolute atomic E-state index is 0.0264. The Morgan fingerprint density at radius 2 is 2.18 bits per heavy atom. The Morgan fingerprint density at radius 3 is 2.95 bits per heavy atom. The maximum atomic E-state index is 6.84. The third kappa shape index (κ3) is 2.74. The summed E-state index contributed by atoms with van der Waals surface area (Å²) in [7, 11) is 0. The third-order valence-electron chi connectivity index (χ3n) is 4.70. The average Bonchev–Trinajstić information content (AvgIpc) is 2.84. The molecule has 1 N–H and O–H groups in total. The van der Waals surface area contributed by atoms with E-state index in [-0.39, 0.29) is 6.10 Å². The van der Waals surface area contributed by atoms with Crippen LogP contribution in [0, 0.1) is 25.7 Å². The van der Waals surface area contributed by atoms with E-state index < -0.39 is 0 Å². The molecule has 0 aromatic carbocycles. The van der Waals surface area contributed by atoms with Gasteiger partial charge < -0.3 is 9.85 Å². The summed E-state index contributed by atoms with van der Waals surface area (Å²) in [5.74, 6) is 2.27. The lowest BCUT2D eigenvalue weighted by molar-refractivity contribution is 0.177. The second-order valence-corrected chi connectivity index (χ2v) is 6.41. The van der Waals surface area contributed by atoms with Crippen molar-refractivity contribution in [2.75, 3.05) is 6.61 Å². The van der Waals surface area contributed by atoms with Crippen molar-refractivity contribution >= 4 is 11.4 Å². The molecule has 22 heavy (non-hydrogen) atoms. The van der Waals surface area contributed by atoms with Gasteiger partial charge in [0.1, 0.15) is 17.6 Å². The number of hydrogen-bond donors (Lipinski definition) is 1. The normalized spacial score (nSPS) is 26.8. The molecule has 0 amide bonds. The Balaban J connectivity index is 1.88. The lowest BCUT2D eigenvalue weighted by Gasteiger charge is -2.26. The van der Waals surface area contributed by atoms with Gasteiger partial charge in [-0.2, -0.15) is 4.98 Å². The summed E-state index contributed by atoms with van der Waals surface area (Å²) in [6.07, 6.45) is 5.31. The number of aryl methyl sites for hydroxylation is 2. The number of aliphatic hydroxyl groups excluding tert-OH is 1. The fourth-order valence-corrected chi connectivity index (χ4v) is 3.76. The maximum Gasteiger partial charge on any atom is 0.244 e. The zero-order chi connectivity index (χ0) is 16.4. The molecule has 1 fully saturated rings. The maximum absolute atomic E-state index is 6.84. The number of fused-ring (bicyclic) bond motifs is 2. The number of aliphatic hydroxyl groups is 1. The van der Waals surface area contributed by atoms with Gasteiger partial charge in [-0.05, 0) is 39.5 Å². The second-order valence-electron chi connectivity index (χ2n) is 6.41. The molecule has 0 spiro atoms. The first-order chi connectivity index (χ1) is 11.1. The third-order valence-corrected chi connectivity index (χ3v) is 4.70.